The Morgan fingerprint density at radius 1 is 1.25 bits per heavy atom. The molecule has 1 aromatic heterocycles. The van der Waals surface area contributed by atoms with E-state index in [1.165, 1.54) is 11.1 Å². The molecule has 0 aliphatic carbocycles. The molecule has 0 saturated carbocycles. The summed E-state index contributed by atoms with van der Waals surface area (Å²) in [6.45, 7) is 2.64. The lowest BCUT2D eigenvalue weighted by Crippen LogP contribution is -2.15. The first kappa shape index (κ1) is 16.6. The molecule has 1 N–H and O–H groups in total. The van der Waals surface area contributed by atoms with Crippen molar-refractivity contribution in [2.24, 2.45) is 0 Å². The van der Waals surface area contributed by atoms with Crippen LogP contribution in [0.1, 0.15) is 17.5 Å². The number of hydrogen-bond donors (Lipinski definition) is 1. The summed E-state index contributed by atoms with van der Waals surface area (Å²) < 4.78 is 1.89. The minimum atomic E-state index is 0.00704. The van der Waals surface area contributed by atoms with Gasteiger partial charge in [0.05, 0.1) is 18.3 Å². The molecule has 0 aliphatic rings. The molecule has 0 saturated heterocycles. The first-order chi connectivity index (χ1) is 11.7. The number of anilines is 1. The van der Waals surface area contributed by atoms with Gasteiger partial charge in [-0.3, -0.25) is 9.48 Å². The quantitative estimate of drug-likeness (QED) is 0.731. The maximum Gasteiger partial charge on any atom is 0.226 e. The summed E-state index contributed by atoms with van der Waals surface area (Å²) in [6.07, 6.45) is 4.34. The number of nitrogens with one attached hydrogen (secondary N) is 1. The summed E-state index contributed by atoms with van der Waals surface area (Å²) in [7, 11) is 0. The van der Waals surface area contributed by atoms with Gasteiger partial charge in [0.2, 0.25) is 5.91 Å². The number of rotatable bonds is 6. The van der Waals surface area contributed by atoms with Crippen molar-refractivity contribution < 1.29 is 4.79 Å². The zero-order chi connectivity index (χ0) is 16.9. The summed E-state index contributed by atoms with van der Waals surface area (Å²) in [5.41, 5.74) is 4.35. The first-order valence-corrected chi connectivity index (χ1v) is 9.35. The van der Waals surface area contributed by atoms with Gasteiger partial charge in [-0.05, 0) is 42.5 Å². The predicted octanol–water partition coefficient (Wildman–Crippen LogP) is 4.24. The zero-order valence-electron chi connectivity index (χ0n) is 14.0. The lowest BCUT2D eigenvalue weighted by molar-refractivity contribution is -0.116. The van der Waals surface area contributed by atoms with Gasteiger partial charge in [-0.2, -0.15) is 16.9 Å². The monoisotopic (exact) mass is 339 g/mol. The molecule has 0 fully saturated rings. The molecule has 3 rings (SSSR count). The molecule has 0 aliphatic heterocycles. The SMILES string of the molecule is CSCc1cccc(NC(=O)CCn2ncc3c(C)cccc32)c1. The van der Waals surface area contributed by atoms with Crippen LogP contribution in [-0.4, -0.2) is 21.9 Å². The molecule has 0 unspecified atom stereocenters. The topological polar surface area (TPSA) is 46.9 Å². The predicted molar refractivity (Wildman–Crippen MR) is 101 cm³/mol. The molecule has 0 spiro atoms. The van der Waals surface area contributed by atoms with Crippen molar-refractivity contribution in [3.8, 4) is 0 Å². The second-order valence-electron chi connectivity index (χ2n) is 5.81. The number of nitrogens with zero attached hydrogens (tertiary/aromatic N) is 2. The molecule has 5 heteroatoms. The van der Waals surface area contributed by atoms with E-state index in [-0.39, 0.29) is 5.91 Å². The average molecular weight is 339 g/mol. The Labute approximate surface area is 146 Å². The van der Waals surface area contributed by atoms with Crippen molar-refractivity contribution in [3.63, 3.8) is 0 Å². The van der Waals surface area contributed by atoms with Crippen LogP contribution in [0, 0.1) is 6.92 Å². The van der Waals surface area contributed by atoms with Gasteiger partial charge in [0.25, 0.3) is 0 Å². The van der Waals surface area contributed by atoms with Crippen LogP contribution in [0.4, 0.5) is 5.69 Å². The summed E-state index contributed by atoms with van der Waals surface area (Å²) in [5.74, 6) is 0.954. The van der Waals surface area contributed by atoms with Crippen molar-refractivity contribution in [2.75, 3.05) is 11.6 Å². The number of aromatic nitrogens is 2. The summed E-state index contributed by atoms with van der Waals surface area (Å²) in [4.78, 5) is 12.2. The van der Waals surface area contributed by atoms with E-state index in [2.05, 4.69) is 35.7 Å². The Hall–Kier alpha value is -2.27. The highest BCUT2D eigenvalue weighted by atomic mass is 32.2. The van der Waals surface area contributed by atoms with Gasteiger partial charge in [0, 0.05) is 23.2 Å². The highest BCUT2D eigenvalue weighted by Crippen LogP contribution is 2.18. The molecular weight excluding hydrogens is 318 g/mol. The van der Waals surface area contributed by atoms with E-state index in [1.807, 2.05) is 41.2 Å². The number of fused-ring (bicyclic) bond motifs is 1. The van der Waals surface area contributed by atoms with Gasteiger partial charge in [0.15, 0.2) is 0 Å². The minimum absolute atomic E-state index is 0.00704. The van der Waals surface area contributed by atoms with Crippen LogP contribution in [0.25, 0.3) is 10.9 Å². The van der Waals surface area contributed by atoms with Crippen LogP contribution in [-0.2, 0) is 17.1 Å². The molecule has 3 aromatic rings. The van der Waals surface area contributed by atoms with Crippen molar-refractivity contribution in [1.82, 2.24) is 9.78 Å². The average Bonchev–Trinajstić information content (AvgIpc) is 2.98. The van der Waals surface area contributed by atoms with Crippen LogP contribution >= 0.6 is 11.8 Å². The number of carbonyl (C=O) groups is 1. The number of benzene rings is 2. The highest BCUT2D eigenvalue weighted by Gasteiger charge is 2.08. The molecule has 2 aromatic carbocycles. The fourth-order valence-electron chi connectivity index (χ4n) is 2.76. The zero-order valence-corrected chi connectivity index (χ0v) is 14.8. The maximum atomic E-state index is 12.2. The lowest BCUT2D eigenvalue weighted by atomic mass is 10.1. The second kappa shape index (κ2) is 7.53. The van der Waals surface area contributed by atoms with E-state index in [4.69, 9.17) is 0 Å². The van der Waals surface area contributed by atoms with Gasteiger partial charge in [-0.15, -0.1) is 0 Å². The van der Waals surface area contributed by atoms with Gasteiger partial charge >= 0.3 is 0 Å². The van der Waals surface area contributed by atoms with E-state index in [1.54, 1.807) is 11.8 Å². The van der Waals surface area contributed by atoms with Gasteiger partial charge in [-0.25, -0.2) is 0 Å². The van der Waals surface area contributed by atoms with Crippen molar-refractivity contribution in [3.05, 3.63) is 59.8 Å². The maximum absolute atomic E-state index is 12.2. The van der Waals surface area contributed by atoms with Crippen LogP contribution in [0.2, 0.25) is 0 Å². The molecule has 1 heterocycles. The largest absolute Gasteiger partial charge is 0.326 e. The third-order valence-electron chi connectivity index (χ3n) is 3.98. The standard InChI is InChI=1S/C19H21N3OS/c1-14-5-3-8-18-17(14)12-20-22(18)10-9-19(23)21-16-7-4-6-15(11-16)13-24-2/h3-8,11-12H,9-10,13H2,1-2H3,(H,21,23). The Morgan fingerprint density at radius 2 is 2.08 bits per heavy atom. The van der Waals surface area contributed by atoms with Crippen LogP contribution in [0.15, 0.2) is 48.7 Å². The van der Waals surface area contributed by atoms with Crippen molar-refractivity contribution in [2.45, 2.75) is 25.6 Å². The molecule has 124 valence electrons. The fraction of sp³-hybridized carbons (Fsp3) is 0.263. The molecule has 4 nitrogen and oxygen atoms in total. The van der Waals surface area contributed by atoms with Gasteiger partial charge in [0.1, 0.15) is 0 Å². The number of hydrogen-bond acceptors (Lipinski definition) is 3. The van der Waals surface area contributed by atoms with Crippen LogP contribution in [0.5, 0.6) is 0 Å². The summed E-state index contributed by atoms with van der Waals surface area (Å²) in [6, 6.07) is 14.1. The van der Waals surface area contributed by atoms with Crippen molar-refractivity contribution in [1.29, 1.82) is 0 Å². The molecule has 0 bridgehead atoms. The van der Waals surface area contributed by atoms with E-state index >= 15 is 0 Å². The summed E-state index contributed by atoms with van der Waals surface area (Å²) >= 11 is 1.77. The van der Waals surface area contributed by atoms with Crippen molar-refractivity contribution >= 4 is 34.3 Å². The van der Waals surface area contributed by atoms with E-state index < -0.39 is 0 Å². The summed E-state index contributed by atoms with van der Waals surface area (Å²) in [5, 5.41) is 8.52. The van der Waals surface area contributed by atoms with Gasteiger partial charge in [-0.1, -0.05) is 24.3 Å². The molecule has 24 heavy (non-hydrogen) atoms. The number of carbonyl (C=O) groups excluding carboxylic acids is 1. The third kappa shape index (κ3) is 3.79. The Kier molecular flexibility index (Phi) is 5.20. The van der Waals surface area contributed by atoms with E-state index in [0.717, 1.165) is 22.3 Å². The van der Waals surface area contributed by atoms with Gasteiger partial charge < -0.3 is 5.32 Å². The molecular formula is C19H21N3OS. The molecule has 0 radical (unpaired) electrons. The highest BCUT2D eigenvalue weighted by molar-refractivity contribution is 7.97. The Bertz CT molecular complexity index is 857. The number of amides is 1. The van der Waals surface area contributed by atoms with E-state index in [9.17, 15) is 4.79 Å². The molecule has 1 amide bonds. The smallest absolute Gasteiger partial charge is 0.226 e. The number of aryl methyl sites for hydroxylation is 2. The van der Waals surface area contributed by atoms with Crippen LogP contribution < -0.4 is 5.32 Å². The second-order valence-corrected chi connectivity index (χ2v) is 6.67. The Morgan fingerprint density at radius 3 is 2.92 bits per heavy atom. The third-order valence-corrected chi connectivity index (χ3v) is 4.60. The fourth-order valence-corrected chi connectivity index (χ4v) is 3.28. The molecule has 0 atom stereocenters. The lowest BCUT2D eigenvalue weighted by Gasteiger charge is -2.08. The Balaban J connectivity index is 1.63. The first-order valence-electron chi connectivity index (χ1n) is 7.96. The number of thioether (sulfide) groups is 1. The van der Waals surface area contributed by atoms with Crippen LogP contribution in [0.3, 0.4) is 0 Å². The minimum Gasteiger partial charge on any atom is -0.326 e. The normalized spacial score (nSPS) is 10.9. The van der Waals surface area contributed by atoms with E-state index in [0.29, 0.717) is 13.0 Å².